The van der Waals surface area contributed by atoms with Crippen LogP contribution < -0.4 is 5.73 Å². The van der Waals surface area contributed by atoms with Crippen LogP contribution in [0.5, 0.6) is 0 Å². The van der Waals surface area contributed by atoms with Gasteiger partial charge in [-0.15, -0.1) is 0 Å². The van der Waals surface area contributed by atoms with Crippen molar-refractivity contribution in [3.63, 3.8) is 0 Å². The third kappa shape index (κ3) is 3.74. The molecule has 0 aromatic heterocycles. The van der Waals surface area contributed by atoms with Gasteiger partial charge in [0.2, 0.25) is 0 Å². The molecule has 0 bridgehead atoms. The fourth-order valence-electron chi connectivity index (χ4n) is 2.36. The Kier molecular flexibility index (Phi) is 4.58. The number of benzene rings is 1. The summed E-state index contributed by atoms with van der Waals surface area (Å²) in [7, 11) is 0. The van der Waals surface area contributed by atoms with Gasteiger partial charge in [-0.25, -0.2) is 9.18 Å². The second-order valence-electron chi connectivity index (χ2n) is 6.22. The molecular formula is C15H20BrFN2O2. The van der Waals surface area contributed by atoms with E-state index >= 15 is 0 Å². The maximum atomic E-state index is 14.0. The fourth-order valence-corrected chi connectivity index (χ4v) is 2.83. The maximum Gasteiger partial charge on any atom is 0.410 e. The smallest absolute Gasteiger partial charge is 0.410 e. The van der Waals surface area contributed by atoms with Gasteiger partial charge in [0.05, 0.1) is 6.54 Å². The Bertz CT molecular complexity index is 557. The number of fused-ring (bicyclic) bond motifs is 1. The van der Waals surface area contributed by atoms with Crippen LogP contribution >= 0.6 is 15.9 Å². The van der Waals surface area contributed by atoms with E-state index in [1.165, 1.54) is 6.07 Å². The van der Waals surface area contributed by atoms with Crippen molar-refractivity contribution >= 4 is 22.0 Å². The molecule has 1 aromatic carbocycles. The molecular weight excluding hydrogens is 339 g/mol. The van der Waals surface area contributed by atoms with Gasteiger partial charge in [0.15, 0.2) is 0 Å². The molecule has 0 unspecified atom stereocenters. The predicted molar refractivity (Wildman–Crippen MR) is 82.3 cm³/mol. The van der Waals surface area contributed by atoms with E-state index in [2.05, 4.69) is 15.9 Å². The number of ether oxygens (including phenoxy) is 1. The molecule has 1 atom stereocenters. The topological polar surface area (TPSA) is 55.6 Å². The summed E-state index contributed by atoms with van der Waals surface area (Å²) in [4.78, 5) is 13.8. The molecule has 0 fully saturated rings. The van der Waals surface area contributed by atoms with Crippen LogP contribution in [0.2, 0.25) is 0 Å². The van der Waals surface area contributed by atoms with E-state index in [9.17, 15) is 9.18 Å². The summed E-state index contributed by atoms with van der Waals surface area (Å²) in [5, 5.41) is 0. The lowest BCUT2D eigenvalue weighted by Gasteiger charge is -2.26. The largest absolute Gasteiger partial charge is 0.444 e. The summed E-state index contributed by atoms with van der Waals surface area (Å²) in [6, 6.07) is 2.61. The lowest BCUT2D eigenvalue weighted by Crippen LogP contribution is -2.36. The first-order valence-electron chi connectivity index (χ1n) is 6.89. The molecule has 1 amide bonds. The molecule has 1 aromatic rings. The number of rotatable bonds is 0. The highest BCUT2D eigenvalue weighted by atomic mass is 79.9. The van der Waals surface area contributed by atoms with Crippen LogP contribution in [0.25, 0.3) is 0 Å². The zero-order valence-electron chi connectivity index (χ0n) is 12.5. The number of carbonyl (C=O) groups excluding carboxylic acids is 1. The van der Waals surface area contributed by atoms with Crippen LogP contribution in [0, 0.1) is 5.82 Å². The molecule has 0 radical (unpaired) electrons. The normalized spacial score (nSPS) is 19.0. The number of amides is 1. The van der Waals surface area contributed by atoms with Gasteiger partial charge in [-0.05, 0) is 44.9 Å². The van der Waals surface area contributed by atoms with Crippen LogP contribution in [-0.2, 0) is 11.3 Å². The van der Waals surface area contributed by atoms with Gasteiger partial charge in [0, 0.05) is 22.6 Å². The zero-order chi connectivity index (χ0) is 15.8. The Morgan fingerprint density at radius 2 is 2.14 bits per heavy atom. The number of hydrogen-bond acceptors (Lipinski definition) is 3. The third-order valence-corrected chi connectivity index (χ3v) is 4.07. The van der Waals surface area contributed by atoms with E-state index in [0.29, 0.717) is 24.1 Å². The summed E-state index contributed by atoms with van der Waals surface area (Å²) in [5.74, 6) is -0.327. The molecule has 0 saturated heterocycles. The SMILES string of the molecule is CC(C)(C)OC(=O)N1CC[C@H](N)c2c(F)ccc(Br)c2C1. The highest BCUT2D eigenvalue weighted by molar-refractivity contribution is 9.10. The molecule has 1 aliphatic heterocycles. The minimum absolute atomic E-state index is 0.288. The fraction of sp³-hybridized carbons (Fsp3) is 0.533. The zero-order valence-corrected chi connectivity index (χ0v) is 14.0. The number of carbonyl (C=O) groups is 1. The second-order valence-corrected chi connectivity index (χ2v) is 7.07. The van der Waals surface area contributed by atoms with E-state index < -0.39 is 17.7 Å². The van der Waals surface area contributed by atoms with Gasteiger partial charge in [0.1, 0.15) is 11.4 Å². The predicted octanol–water partition coefficient (Wildman–Crippen LogP) is 3.73. The Hall–Kier alpha value is -1.14. The quantitative estimate of drug-likeness (QED) is 0.768. The summed E-state index contributed by atoms with van der Waals surface area (Å²) in [6.07, 6.45) is 0.0956. The van der Waals surface area contributed by atoms with Crippen molar-refractivity contribution in [2.45, 2.75) is 45.4 Å². The molecule has 1 aliphatic rings. The van der Waals surface area contributed by atoms with Crippen LogP contribution in [0.15, 0.2) is 16.6 Å². The first kappa shape index (κ1) is 16.2. The minimum atomic E-state index is -0.562. The van der Waals surface area contributed by atoms with Crippen molar-refractivity contribution in [2.24, 2.45) is 5.73 Å². The van der Waals surface area contributed by atoms with Gasteiger partial charge in [0.25, 0.3) is 0 Å². The number of nitrogens with zero attached hydrogens (tertiary/aromatic N) is 1. The molecule has 0 aliphatic carbocycles. The third-order valence-electron chi connectivity index (χ3n) is 3.33. The highest BCUT2D eigenvalue weighted by Gasteiger charge is 2.29. The van der Waals surface area contributed by atoms with E-state index in [0.717, 1.165) is 4.47 Å². The summed E-state index contributed by atoms with van der Waals surface area (Å²) in [5.41, 5.74) is 6.70. The molecule has 116 valence electrons. The standard InChI is InChI=1S/C15H20BrFN2O2/c1-15(2,3)21-14(20)19-7-6-12(18)13-9(8-19)10(16)4-5-11(13)17/h4-5,12H,6-8,18H2,1-3H3/t12-/m0/s1. The van der Waals surface area contributed by atoms with Gasteiger partial charge >= 0.3 is 6.09 Å². The van der Waals surface area contributed by atoms with Crippen LogP contribution in [0.1, 0.15) is 44.4 Å². The Labute approximate surface area is 132 Å². The van der Waals surface area contributed by atoms with Crippen molar-refractivity contribution < 1.29 is 13.9 Å². The van der Waals surface area contributed by atoms with Crippen LogP contribution in [0.3, 0.4) is 0 Å². The average Bonchev–Trinajstić information content (AvgIpc) is 2.52. The molecule has 2 rings (SSSR count). The molecule has 21 heavy (non-hydrogen) atoms. The maximum absolute atomic E-state index is 14.0. The van der Waals surface area contributed by atoms with Crippen molar-refractivity contribution in [1.29, 1.82) is 0 Å². The van der Waals surface area contributed by atoms with Crippen molar-refractivity contribution in [3.8, 4) is 0 Å². The Morgan fingerprint density at radius 1 is 1.48 bits per heavy atom. The summed E-state index contributed by atoms with van der Waals surface area (Å²) < 4.78 is 20.2. The summed E-state index contributed by atoms with van der Waals surface area (Å²) in [6.45, 7) is 6.18. The Balaban J connectivity index is 2.31. The Morgan fingerprint density at radius 3 is 2.76 bits per heavy atom. The molecule has 6 heteroatoms. The second kappa shape index (κ2) is 5.93. The van der Waals surface area contributed by atoms with Crippen molar-refractivity contribution in [3.05, 3.63) is 33.5 Å². The van der Waals surface area contributed by atoms with E-state index in [1.807, 2.05) is 20.8 Å². The van der Waals surface area contributed by atoms with E-state index in [1.54, 1.807) is 11.0 Å². The minimum Gasteiger partial charge on any atom is -0.444 e. The number of halogens is 2. The lowest BCUT2D eigenvalue weighted by molar-refractivity contribution is 0.0234. The van der Waals surface area contributed by atoms with Gasteiger partial charge < -0.3 is 15.4 Å². The molecule has 0 saturated carbocycles. The molecule has 4 nitrogen and oxygen atoms in total. The lowest BCUT2D eigenvalue weighted by atomic mass is 9.99. The number of nitrogens with two attached hydrogens (primary N) is 1. The molecule has 1 heterocycles. The highest BCUT2D eigenvalue weighted by Crippen LogP contribution is 2.33. The monoisotopic (exact) mass is 358 g/mol. The molecule has 0 spiro atoms. The van der Waals surface area contributed by atoms with Gasteiger partial charge in [-0.2, -0.15) is 0 Å². The van der Waals surface area contributed by atoms with Crippen LogP contribution in [0.4, 0.5) is 9.18 Å². The van der Waals surface area contributed by atoms with Crippen molar-refractivity contribution in [1.82, 2.24) is 4.90 Å². The number of hydrogen-bond donors (Lipinski definition) is 1. The van der Waals surface area contributed by atoms with E-state index in [4.69, 9.17) is 10.5 Å². The average molecular weight is 359 g/mol. The van der Waals surface area contributed by atoms with Gasteiger partial charge in [-0.3, -0.25) is 0 Å². The summed E-state index contributed by atoms with van der Waals surface area (Å²) >= 11 is 3.42. The van der Waals surface area contributed by atoms with Gasteiger partial charge in [-0.1, -0.05) is 15.9 Å². The van der Waals surface area contributed by atoms with E-state index in [-0.39, 0.29) is 12.4 Å². The molecule has 2 N–H and O–H groups in total. The van der Waals surface area contributed by atoms with Crippen molar-refractivity contribution in [2.75, 3.05) is 6.54 Å². The van der Waals surface area contributed by atoms with Crippen LogP contribution in [-0.4, -0.2) is 23.1 Å². The first-order valence-corrected chi connectivity index (χ1v) is 7.68. The first-order chi connectivity index (χ1) is 9.69.